The van der Waals surface area contributed by atoms with Crippen molar-refractivity contribution in [2.24, 2.45) is 0 Å². The van der Waals surface area contributed by atoms with Gasteiger partial charge in [0.05, 0.1) is 6.04 Å². The Morgan fingerprint density at radius 3 is 2.80 bits per heavy atom. The molecule has 0 bridgehead atoms. The van der Waals surface area contributed by atoms with Crippen molar-refractivity contribution < 1.29 is 0 Å². The van der Waals surface area contributed by atoms with Gasteiger partial charge in [-0.05, 0) is 25.5 Å². The molecule has 0 saturated heterocycles. The van der Waals surface area contributed by atoms with Crippen molar-refractivity contribution in [1.29, 1.82) is 5.26 Å². The Bertz CT molecular complexity index is 968. The van der Waals surface area contributed by atoms with E-state index in [4.69, 9.17) is 5.73 Å². The molecule has 3 aromatic rings. The van der Waals surface area contributed by atoms with Gasteiger partial charge in [-0.15, -0.1) is 0 Å². The van der Waals surface area contributed by atoms with E-state index in [-0.39, 0.29) is 17.4 Å². The predicted octanol–water partition coefficient (Wildman–Crippen LogP) is 1.52. The third kappa shape index (κ3) is 2.89. The van der Waals surface area contributed by atoms with Crippen LogP contribution in [0.1, 0.15) is 29.9 Å². The third-order valence-corrected chi connectivity index (χ3v) is 3.86. The summed E-state index contributed by atoms with van der Waals surface area (Å²) in [6.07, 6.45) is 3.22. The minimum atomic E-state index is -0.285. The minimum Gasteiger partial charge on any atom is -0.382 e. The molecule has 0 aliphatic heterocycles. The van der Waals surface area contributed by atoms with Gasteiger partial charge in [0, 0.05) is 20.3 Å². The molecule has 0 unspecified atom stereocenters. The molecule has 0 spiro atoms. The lowest BCUT2D eigenvalue weighted by atomic mass is 10.2. The van der Waals surface area contributed by atoms with Crippen LogP contribution in [0.3, 0.4) is 0 Å². The number of nitrogens with one attached hydrogen (secondary N) is 1. The maximum absolute atomic E-state index is 9.25. The molecular weight excluding hydrogens is 318 g/mol. The number of nitrogen functional groups attached to an aromatic ring is 1. The van der Waals surface area contributed by atoms with Crippen LogP contribution in [0.15, 0.2) is 18.6 Å². The number of anilines is 3. The largest absolute Gasteiger partial charge is 0.382 e. The Labute approximate surface area is 145 Å². The number of nitriles is 1. The van der Waals surface area contributed by atoms with E-state index in [9.17, 15) is 5.26 Å². The Kier molecular flexibility index (Phi) is 4.10. The maximum atomic E-state index is 9.25. The molecule has 0 saturated carbocycles. The van der Waals surface area contributed by atoms with Crippen LogP contribution in [0.4, 0.5) is 17.5 Å². The van der Waals surface area contributed by atoms with Gasteiger partial charge in [0.2, 0.25) is 0 Å². The van der Waals surface area contributed by atoms with Crippen molar-refractivity contribution in [3.63, 3.8) is 0 Å². The maximum Gasteiger partial charge on any atom is 0.173 e. The zero-order valence-electron chi connectivity index (χ0n) is 14.5. The number of aryl methyl sites for hydroxylation is 1. The summed E-state index contributed by atoms with van der Waals surface area (Å²) in [7, 11) is 3.88. The molecule has 25 heavy (non-hydrogen) atoms. The molecule has 0 aliphatic rings. The number of hydrogen-bond acceptors (Lipinski definition) is 8. The number of hydrogen-bond donors (Lipinski definition) is 2. The lowest BCUT2D eigenvalue weighted by Gasteiger charge is -2.19. The summed E-state index contributed by atoms with van der Waals surface area (Å²) in [4.78, 5) is 14.6. The number of aromatic nitrogens is 5. The van der Waals surface area contributed by atoms with E-state index in [1.165, 1.54) is 6.33 Å². The van der Waals surface area contributed by atoms with Crippen LogP contribution in [-0.4, -0.2) is 38.7 Å². The fourth-order valence-corrected chi connectivity index (χ4v) is 2.56. The first-order valence-electron chi connectivity index (χ1n) is 7.72. The van der Waals surface area contributed by atoms with Crippen LogP contribution in [0, 0.1) is 18.3 Å². The number of fused-ring (bicyclic) bond motifs is 1. The second-order valence-corrected chi connectivity index (χ2v) is 5.94. The summed E-state index contributed by atoms with van der Waals surface area (Å²) >= 11 is 0. The molecule has 0 amide bonds. The monoisotopic (exact) mass is 337 g/mol. The predicted molar refractivity (Wildman–Crippen MR) is 95.2 cm³/mol. The highest BCUT2D eigenvalue weighted by Gasteiger charge is 2.18. The first kappa shape index (κ1) is 16.4. The molecule has 3 rings (SSSR count). The summed E-state index contributed by atoms with van der Waals surface area (Å²) in [5.74, 6) is 1.90. The normalized spacial score (nSPS) is 12.0. The van der Waals surface area contributed by atoms with Crippen molar-refractivity contribution in [3.05, 3.63) is 35.5 Å². The summed E-state index contributed by atoms with van der Waals surface area (Å²) in [5, 5.41) is 17.0. The molecule has 0 radical (unpaired) electrons. The molecule has 3 N–H and O–H groups in total. The van der Waals surface area contributed by atoms with Crippen LogP contribution in [0.5, 0.6) is 0 Å². The van der Waals surface area contributed by atoms with Crippen LogP contribution in [0.2, 0.25) is 0 Å². The highest BCUT2D eigenvalue weighted by molar-refractivity contribution is 5.72. The van der Waals surface area contributed by atoms with Crippen molar-refractivity contribution in [2.75, 3.05) is 30.0 Å². The second kappa shape index (κ2) is 6.24. The zero-order valence-corrected chi connectivity index (χ0v) is 14.5. The van der Waals surface area contributed by atoms with Crippen LogP contribution < -0.4 is 16.0 Å². The highest BCUT2D eigenvalue weighted by Crippen LogP contribution is 2.25. The molecule has 0 aliphatic carbocycles. The Morgan fingerprint density at radius 2 is 2.12 bits per heavy atom. The number of rotatable bonds is 4. The van der Waals surface area contributed by atoms with Gasteiger partial charge < -0.3 is 16.0 Å². The molecule has 0 aromatic carbocycles. The van der Waals surface area contributed by atoms with E-state index in [2.05, 4.69) is 25.4 Å². The summed E-state index contributed by atoms with van der Waals surface area (Å²) in [5.41, 5.74) is 8.01. The van der Waals surface area contributed by atoms with Crippen molar-refractivity contribution >= 4 is 23.0 Å². The molecule has 1 atom stereocenters. The summed E-state index contributed by atoms with van der Waals surface area (Å²) in [6.45, 7) is 3.92. The van der Waals surface area contributed by atoms with E-state index >= 15 is 0 Å². The first-order chi connectivity index (χ1) is 11.9. The minimum absolute atomic E-state index is 0.138. The number of nitrogens with two attached hydrogens (primary N) is 1. The third-order valence-electron chi connectivity index (χ3n) is 3.86. The molecule has 3 heterocycles. The fraction of sp³-hybridized carbons (Fsp3) is 0.312. The molecule has 128 valence electrons. The van der Waals surface area contributed by atoms with E-state index < -0.39 is 0 Å². The quantitative estimate of drug-likeness (QED) is 0.735. The van der Waals surface area contributed by atoms with E-state index in [0.717, 1.165) is 16.9 Å². The van der Waals surface area contributed by atoms with Crippen molar-refractivity contribution in [2.45, 2.75) is 19.9 Å². The van der Waals surface area contributed by atoms with Gasteiger partial charge in [-0.3, -0.25) is 0 Å². The van der Waals surface area contributed by atoms with Gasteiger partial charge in [0.25, 0.3) is 0 Å². The van der Waals surface area contributed by atoms with Crippen LogP contribution in [0.25, 0.3) is 5.52 Å². The molecule has 3 aromatic heterocycles. The fourth-order valence-electron chi connectivity index (χ4n) is 2.56. The molecule has 0 fully saturated rings. The van der Waals surface area contributed by atoms with Crippen molar-refractivity contribution in [3.8, 4) is 6.07 Å². The summed E-state index contributed by atoms with van der Waals surface area (Å²) in [6, 6.07) is 3.73. The van der Waals surface area contributed by atoms with E-state index in [1.807, 2.05) is 55.7 Å². The Hall–Kier alpha value is -3.41. The average Bonchev–Trinajstić information content (AvgIpc) is 2.95. The van der Waals surface area contributed by atoms with Crippen LogP contribution >= 0.6 is 0 Å². The van der Waals surface area contributed by atoms with Gasteiger partial charge in [0.15, 0.2) is 11.6 Å². The van der Waals surface area contributed by atoms with Gasteiger partial charge >= 0.3 is 0 Å². The summed E-state index contributed by atoms with van der Waals surface area (Å²) < 4.78 is 1.81. The second-order valence-electron chi connectivity index (χ2n) is 5.94. The molecule has 9 nitrogen and oxygen atoms in total. The Morgan fingerprint density at radius 1 is 1.36 bits per heavy atom. The standard InChI is InChI=1S/C16H19N9/c1-9-5-6-25-12(9)16(24(3)4)22-14(23-25)10(2)21-15-11(7-17)13(18)19-8-20-15/h5-6,8,10H,1-4H3,(H3,18,19,20,21)/t10-/m0/s1. The number of nitrogens with zero attached hydrogens (tertiary/aromatic N) is 7. The van der Waals surface area contributed by atoms with E-state index in [1.54, 1.807) is 0 Å². The zero-order chi connectivity index (χ0) is 18.1. The first-order valence-corrected chi connectivity index (χ1v) is 7.72. The van der Waals surface area contributed by atoms with Gasteiger partial charge in [-0.2, -0.15) is 10.4 Å². The molecular formula is C16H19N9. The van der Waals surface area contributed by atoms with E-state index in [0.29, 0.717) is 11.6 Å². The van der Waals surface area contributed by atoms with Gasteiger partial charge in [0.1, 0.15) is 35.1 Å². The lowest BCUT2D eigenvalue weighted by molar-refractivity contribution is 0.723. The van der Waals surface area contributed by atoms with Gasteiger partial charge in [-0.25, -0.2) is 19.5 Å². The smallest absolute Gasteiger partial charge is 0.173 e. The van der Waals surface area contributed by atoms with Crippen LogP contribution in [-0.2, 0) is 0 Å². The Balaban J connectivity index is 2.02. The topological polar surface area (TPSA) is 121 Å². The average molecular weight is 337 g/mol. The van der Waals surface area contributed by atoms with Gasteiger partial charge in [-0.1, -0.05) is 0 Å². The highest BCUT2D eigenvalue weighted by atomic mass is 15.3. The lowest BCUT2D eigenvalue weighted by Crippen LogP contribution is -2.19. The molecule has 9 heteroatoms. The van der Waals surface area contributed by atoms with Crippen molar-refractivity contribution in [1.82, 2.24) is 24.6 Å². The SMILES string of the molecule is Cc1ccn2nc([C@H](C)Nc3ncnc(N)c3C#N)nc(N(C)C)c12.